The topological polar surface area (TPSA) is 119 Å². The number of rotatable bonds is 26. The van der Waals surface area contributed by atoms with E-state index in [9.17, 15) is 14.2 Å². The summed E-state index contributed by atoms with van der Waals surface area (Å²) in [5.74, 6) is -0.0456. The molecule has 0 aromatic rings. The molecule has 1 unspecified atom stereocenters. The lowest BCUT2D eigenvalue weighted by molar-refractivity contribution is -0.161. The molecule has 0 spiro atoms. The third kappa shape index (κ3) is 26.4. The molecule has 0 aromatic carbocycles. The first kappa shape index (κ1) is 36.0. The molecule has 9 heteroatoms. The Morgan fingerprint density at radius 1 is 0.703 bits per heavy atom. The minimum atomic E-state index is -4.72. The molecule has 0 aliphatic rings. The predicted octanol–water partition coefficient (Wildman–Crippen LogP) is 7.64. The second-order valence-corrected chi connectivity index (χ2v) is 11.6. The van der Waals surface area contributed by atoms with Crippen LogP contribution in [0.1, 0.15) is 143 Å². The van der Waals surface area contributed by atoms with Crippen molar-refractivity contribution in [2.45, 2.75) is 149 Å². The zero-order valence-corrected chi connectivity index (χ0v) is 24.7. The van der Waals surface area contributed by atoms with E-state index >= 15 is 0 Å². The van der Waals surface area contributed by atoms with Gasteiger partial charge in [-0.2, -0.15) is 0 Å². The highest BCUT2D eigenvalue weighted by atomic mass is 31.2. The van der Waals surface area contributed by atoms with Crippen molar-refractivity contribution in [3.05, 3.63) is 0 Å². The van der Waals surface area contributed by atoms with Crippen LogP contribution in [0.5, 0.6) is 0 Å². The molecular formula is C28H55O8P. The summed E-state index contributed by atoms with van der Waals surface area (Å²) >= 11 is 0. The third-order valence-corrected chi connectivity index (χ3v) is 7.15. The fourth-order valence-corrected chi connectivity index (χ4v) is 4.41. The van der Waals surface area contributed by atoms with E-state index in [1.165, 1.54) is 51.4 Å². The Kier molecular flexibility index (Phi) is 23.5. The van der Waals surface area contributed by atoms with Crippen molar-refractivity contribution in [3.63, 3.8) is 0 Å². The van der Waals surface area contributed by atoms with Crippen LogP contribution in [0.15, 0.2) is 0 Å². The molecular weight excluding hydrogens is 495 g/mol. The van der Waals surface area contributed by atoms with E-state index in [1.54, 1.807) is 0 Å². The fraction of sp³-hybridized carbons (Fsp3) is 0.929. The second kappa shape index (κ2) is 24.1. The van der Waals surface area contributed by atoms with Crippen LogP contribution in [0.3, 0.4) is 0 Å². The smallest absolute Gasteiger partial charge is 0.462 e. The summed E-state index contributed by atoms with van der Waals surface area (Å²) in [5, 5.41) is 0. The van der Waals surface area contributed by atoms with Crippen molar-refractivity contribution in [1.29, 1.82) is 0 Å². The number of carbonyl (C=O) groups excluding carboxylic acids is 2. The molecule has 2 N–H and O–H groups in total. The largest absolute Gasteiger partial charge is 0.469 e. The van der Waals surface area contributed by atoms with Crippen LogP contribution in [0, 0.1) is 5.92 Å². The molecule has 0 heterocycles. The number of unbranched alkanes of at least 4 members (excludes halogenated alkanes) is 13. The van der Waals surface area contributed by atoms with Crippen molar-refractivity contribution < 1.29 is 37.9 Å². The molecule has 8 nitrogen and oxygen atoms in total. The molecule has 0 aliphatic heterocycles. The van der Waals surface area contributed by atoms with Crippen molar-refractivity contribution in [3.8, 4) is 0 Å². The van der Waals surface area contributed by atoms with Gasteiger partial charge in [-0.3, -0.25) is 14.1 Å². The van der Waals surface area contributed by atoms with E-state index in [0.717, 1.165) is 57.3 Å². The highest BCUT2D eigenvalue weighted by Crippen LogP contribution is 2.35. The Balaban J connectivity index is 3.99. The molecule has 0 amide bonds. The molecule has 220 valence electrons. The number of hydrogen-bond donors (Lipinski definition) is 2. The number of phosphoric ester groups is 1. The lowest BCUT2D eigenvalue weighted by Gasteiger charge is -2.18. The lowest BCUT2D eigenvalue weighted by atomic mass is 9.99. The first-order valence-electron chi connectivity index (χ1n) is 14.7. The molecule has 2 atom stereocenters. The van der Waals surface area contributed by atoms with Crippen LogP contribution < -0.4 is 0 Å². The summed E-state index contributed by atoms with van der Waals surface area (Å²) in [6.07, 6.45) is 18.7. The van der Waals surface area contributed by atoms with Crippen LogP contribution in [0.4, 0.5) is 0 Å². The Bertz CT molecular complexity index is 607. The zero-order chi connectivity index (χ0) is 27.8. The monoisotopic (exact) mass is 550 g/mol. The van der Waals surface area contributed by atoms with Gasteiger partial charge < -0.3 is 19.3 Å². The van der Waals surface area contributed by atoms with E-state index < -0.39 is 32.5 Å². The van der Waals surface area contributed by atoms with Gasteiger partial charge in [0.2, 0.25) is 0 Å². The summed E-state index contributed by atoms with van der Waals surface area (Å²) in [7, 11) is -4.72. The van der Waals surface area contributed by atoms with Gasteiger partial charge in [-0.1, -0.05) is 117 Å². The standard InChI is InChI=1S/C28H55O8P/c1-4-6-7-14-18-21-27(29)34-23-26(24-35-37(31,32)33)36-28(30)22-19-16-13-11-9-8-10-12-15-17-20-25(3)5-2/h25-26H,4-24H2,1-3H3,(H2,31,32,33)/t25?,26-/m1/s1. The van der Waals surface area contributed by atoms with E-state index in [2.05, 4.69) is 25.3 Å². The summed E-state index contributed by atoms with van der Waals surface area (Å²) in [4.78, 5) is 42.0. The van der Waals surface area contributed by atoms with E-state index in [-0.39, 0.29) is 19.4 Å². The normalized spacial score (nSPS) is 13.3. The summed E-state index contributed by atoms with van der Waals surface area (Å²) in [5.41, 5.74) is 0. The summed E-state index contributed by atoms with van der Waals surface area (Å²) < 4.78 is 25.9. The maximum atomic E-state index is 12.2. The molecule has 0 aromatic heterocycles. The van der Waals surface area contributed by atoms with Crippen molar-refractivity contribution in [2.75, 3.05) is 13.2 Å². The Labute approximate surface area is 225 Å². The summed E-state index contributed by atoms with van der Waals surface area (Å²) in [6, 6.07) is 0. The van der Waals surface area contributed by atoms with Gasteiger partial charge in [0.15, 0.2) is 6.10 Å². The first-order chi connectivity index (χ1) is 17.7. The molecule has 37 heavy (non-hydrogen) atoms. The molecule has 0 aliphatic carbocycles. The van der Waals surface area contributed by atoms with E-state index in [1.807, 2.05) is 0 Å². The minimum Gasteiger partial charge on any atom is -0.462 e. The summed E-state index contributed by atoms with van der Waals surface area (Å²) in [6.45, 7) is 5.89. The van der Waals surface area contributed by atoms with Gasteiger partial charge in [0.25, 0.3) is 0 Å². The Morgan fingerprint density at radius 2 is 1.19 bits per heavy atom. The van der Waals surface area contributed by atoms with Gasteiger partial charge in [0.1, 0.15) is 6.61 Å². The number of phosphoric acid groups is 1. The quantitative estimate of drug-likeness (QED) is 0.0640. The average molecular weight is 551 g/mol. The number of esters is 2. The molecule has 0 rings (SSSR count). The molecule has 0 radical (unpaired) electrons. The third-order valence-electron chi connectivity index (χ3n) is 6.67. The van der Waals surface area contributed by atoms with Gasteiger partial charge in [0.05, 0.1) is 6.61 Å². The van der Waals surface area contributed by atoms with Crippen molar-refractivity contribution >= 4 is 19.8 Å². The van der Waals surface area contributed by atoms with Crippen LogP contribution >= 0.6 is 7.82 Å². The zero-order valence-electron chi connectivity index (χ0n) is 23.8. The van der Waals surface area contributed by atoms with Crippen molar-refractivity contribution in [1.82, 2.24) is 0 Å². The average Bonchev–Trinajstić information content (AvgIpc) is 2.85. The number of ether oxygens (including phenoxy) is 2. The maximum absolute atomic E-state index is 12.2. The van der Waals surface area contributed by atoms with E-state index in [0.29, 0.717) is 6.42 Å². The highest BCUT2D eigenvalue weighted by molar-refractivity contribution is 7.46. The second-order valence-electron chi connectivity index (χ2n) is 10.3. The lowest BCUT2D eigenvalue weighted by Crippen LogP contribution is -2.29. The van der Waals surface area contributed by atoms with Gasteiger partial charge in [0, 0.05) is 12.8 Å². The predicted molar refractivity (Wildman–Crippen MR) is 147 cm³/mol. The van der Waals surface area contributed by atoms with Crippen molar-refractivity contribution in [2.24, 2.45) is 5.92 Å². The van der Waals surface area contributed by atoms with Gasteiger partial charge in [-0.25, -0.2) is 4.57 Å². The molecule has 0 fully saturated rings. The molecule has 0 bridgehead atoms. The minimum absolute atomic E-state index is 0.216. The van der Waals surface area contributed by atoms with Crippen LogP contribution in [-0.4, -0.2) is 41.0 Å². The van der Waals surface area contributed by atoms with Gasteiger partial charge >= 0.3 is 19.8 Å². The van der Waals surface area contributed by atoms with Crippen LogP contribution in [0.25, 0.3) is 0 Å². The highest BCUT2D eigenvalue weighted by Gasteiger charge is 2.22. The maximum Gasteiger partial charge on any atom is 0.469 e. The van der Waals surface area contributed by atoms with Crippen LogP contribution in [0.2, 0.25) is 0 Å². The van der Waals surface area contributed by atoms with Gasteiger partial charge in [-0.05, 0) is 18.8 Å². The SMILES string of the molecule is CCCCCCCC(=O)OC[C@H](COP(=O)(O)O)OC(=O)CCCCCCCCCCCCC(C)CC. The van der Waals surface area contributed by atoms with Gasteiger partial charge in [-0.15, -0.1) is 0 Å². The fourth-order valence-electron chi connectivity index (χ4n) is 4.05. The number of hydrogen-bond acceptors (Lipinski definition) is 6. The first-order valence-corrected chi connectivity index (χ1v) is 16.3. The molecule has 0 saturated carbocycles. The number of carbonyl (C=O) groups is 2. The Morgan fingerprint density at radius 3 is 1.70 bits per heavy atom. The van der Waals surface area contributed by atoms with Crippen LogP contribution in [-0.2, 0) is 28.2 Å². The molecule has 0 saturated heterocycles. The van der Waals surface area contributed by atoms with E-state index in [4.69, 9.17) is 19.3 Å². The Hall–Kier alpha value is -0.950.